The molecule has 0 aliphatic heterocycles. The maximum absolute atomic E-state index is 11.9. The van der Waals surface area contributed by atoms with Crippen LogP contribution in [0, 0.1) is 17.2 Å². The van der Waals surface area contributed by atoms with Crippen LogP contribution in [0.25, 0.3) is 0 Å². The van der Waals surface area contributed by atoms with Gasteiger partial charge in [-0.3, -0.25) is 0 Å². The Balaban J connectivity index is 1.58. The highest BCUT2D eigenvalue weighted by atomic mass is 16.2. The van der Waals surface area contributed by atoms with Crippen molar-refractivity contribution in [2.75, 3.05) is 5.32 Å². The third-order valence-corrected chi connectivity index (χ3v) is 3.78. The zero-order valence-corrected chi connectivity index (χ0v) is 10.1. The monoisotopic (exact) mass is 241 g/mol. The third-order valence-electron chi connectivity index (χ3n) is 3.78. The Kier molecular flexibility index (Phi) is 2.48. The lowest BCUT2D eigenvalue weighted by Crippen LogP contribution is -2.41. The molecule has 0 unspecified atom stereocenters. The molecular formula is C14H15N3O. The first-order valence-electron chi connectivity index (χ1n) is 6.31. The second kappa shape index (κ2) is 4.02. The van der Waals surface area contributed by atoms with Gasteiger partial charge in [-0.05, 0) is 55.9 Å². The Bertz CT molecular complexity index is 507. The van der Waals surface area contributed by atoms with E-state index in [4.69, 9.17) is 5.26 Å². The molecule has 2 fully saturated rings. The smallest absolute Gasteiger partial charge is 0.319 e. The fourth-order valence-electron chi connectivity index (χ4n) is 2.42. The van der Waals surface area contributed by atoms with Gasteiger partial charge in [0.1, 0.15) is 0 Å². The molecule has 0 radical (unpaired) electrons. The van der Waals surface area contributed by atoms with Crippen molar-refractivity contribution >= 4 is 11.7 Å². The molecule has 0 saturated heterocycles. The number of nitrogens with one attached hydrogen (secondary N) is 2. The number of nitrogens with zero attached hydrogens (tertiary/aromatic N) is 1. The lowest BCUT2D eigenvalue weighted by atomic mass is 10.1. The average Bonchev–Trinajstić information content (AvgIpc) is 3.23. The summed E-state index contributed by atoms with van der Waals surface area (Å²) in [5.74, 6) is 0.698. The first kappa shape index (κ1) is 11.1. The molecule has 2 aliphatic rings. The van der Waals surface area contributed by atoms with Gasteiger partial charge in [-0.25, -0.2) is 4.79 Å². The summed E-state index contributed by atoms with van der Waals surface area (Å²) >= 11 is 0. The van der Waals surface area contributed by atoms with Gasteiger partial charge in [0.25, 0.3) is 0 Å². The molecule has 2 aliphatic carbocycles. The van der Waals surface area contributed by atoms with E-state index in [0.717, 1.165) is 18.5 Å². The SMILES string of the molecule is N#Cc1ccc(NC(=O)NC2(C3CC3)CC2)cc1. The Morgan fingerprint density at radius 3 is 2.44 bits per heavy atom. The average molecular weight is 241 g/mol. The largest absolute Gasteiger partial charge is 0.332 e. The zero-order chi connectivity index (χ0) is 12.6. The molecule has 2 saturated carbocycles. The molecule has 2 amide bonds. The lowest BCUT2D eigenvalue weighted by Gasteiger charge is -2.17. The van der Waals surface area contributed by atoms with Crippen LogP contribution in [-0.4, -0.2) is 11.6 Å². The predicted octanol–water partition coefficient (Wildman–Crippen LogP) is 2.62. The van der Waals surface area contributed by atoms with Crippen LogP contribution in [0.2, 0.25) is 0 Å². The summed E-state index contributed by atoms with van der Waals surface area (Å²) in [6, 6.07) is 8.80. The number of benzene rings is 1. The number of nitriles is 1. The topological polar surface area (TPSA) is 64.9 Å². The maximum Gasteiger partial charge on any atom is 0.319 e. The van der Waals surface area contributed by atoms with Crippen LogP contribution >= 0.6 is 0 Å². The van der Waals surface area contributed by atoms with Gasteiger partial charge >= 0.3 is 6.03 Å². The quantitative estimate of drug-likeness (QED) is 0.854. The van der Waals surface area contributed by atoms with E-state index in [-0.39, 0.29) is 11.6 Å². The molecule has 1 aromatic rings. The van der Waals surface area contributed by atoms with Gasteiger partial charge in [-0.1, -0.05) is 0 Å². The minimum absolute atomic E-state index is 0.0939. The summed E-state index contributed by atoms with van der Waals surface area (Å²) in [7, 11) is 0. The number of hydrogen-bond acceptors (Lipinski definition) is 2. The van der Waals surface area contributed by atoms with Crippen LogP contribution in [0.3, 0.4) is 0 Å². The van der Waals surface area contributed by atoms with E-state index in [1.54, 1.807) is 24.3 Å². The van der Waals surface area contributed by atoms with Crippen LogP contribution in [0.15, 0.2) is 24.3 Å². The summed E-state index contributed by atoms with van der Waals surface area (Å²) in [5, 5.41) is 14.6. The molecule has 0 aromatic heterocycles. The van der Waals surface area contributed by atoms with E-state index in [9.17, 15) is 4.79 Å². The molecule has 92 valence electrons. The number of hydrogen-bond donors (Lipinski definition) is 2. The van der Waals surface area contributed by atoms with Crippen molar-refractivity contribution in [3.8, 4) is 6.07 Å². The van der Waals surface area contributed by atoms with Gasteiger partial charge in [0.05, 0.1) is 11.6 Å². The van der Waals surface area contributed by atoms with Gasteiger partial charge in [-0.2, -0.15) is 5.26 Å². The van der Waals surface area contributed by atoms with Crippen LogP contribution in [-0.2, 0) is 0 Å². The van der Waals surface area contributed by atoms with Crippen molar-refractivity contribution in [1.29, 1.82) is 5.26 Å². The number of carbonyl (C=O) groups excluding carboxylic acids is 1. The number of rotatable bonds is 3. The highest BCUT2D eigenvalue weighted by Crippen LogP contribution is 2.53. The third kappa shape index (κ3) is 2.17. The molecular weight excluding hydrogens is 226 g/mol. The van der Waals surface area contributed by atoms with Crippen molar-refractivity contribution in [3.05, 3.63) is 29.8 Å². The minimum Gasteiger partial charge on any atom is -0.332 e. The van der Waals surface area contributed by atoms with Crippen molar-refractivity contribution in [1.82, 2.24) is 5.32 Å². The summed E-state index contributed by atoms with van der Waals surface area (Å²) in [6.45, 7) is 0. The number of carbonyl (C=O) groups is 1. The van der Waals surface area contributed by atoms with Gasteiger partial charge < -0.3 is 10.6 Å². The van der Waals surface area contributed by atoms with Crippen molar-refractivity contribution < 1.29 is 4.79 Å². The van der Waals surface area contributed by atoms with E-state index in [2.05, 4.69) is 16.7 Å². The molecule has 0 bridgehead atoms. The molecule has 3 rings (SSSR count). The molecule has 0 atom stereocenters. The summed E-state index contributed by atoms with van der Waals surface area (Å²) in [6.07, 6.45) is 4.71. The van der Waals surface area contributed by atoms with E-state index in [1.165, 1.54) is 12.8 Å². The Labute approximate surface area is 106 Å². The van der Waals surface area contributed by atoms with Crippen molar-refractivity contribution in [3.63, 3.8) is 0 Å². The van der Waals surface area contributed by atoms with Crippen LogP contribution < -0.4 is 10.6 Å². The van der Waals surface area contributed by atoms with Gasteiger partial charge in [0.2, 0.25) is 0 Å². The Hall–Kier alpha value is -2.02. The molecule has 0 heterocycles. The Morgan fingerprint density at radius 2 is 1.94 bits per heavy atom. The Morgan fingerprint density at radius 1 is 1.28 bits per heavy atom. The maximum atomic E-state index is 11.9. The van der Waals surface area contributed by atoms with E-state index < -0.39 is 0 Å². The van der Waals surface area contributed by atoms with Crippen LogP contribution in [0.4, 0.5) is 10.5 Å². The van der Waals surface area contributed by atoms with Gasteiger partial charge in [0.15, 0.2) is 0 Å². The zero-order valence-electron chi connectivity index (χ0n) is 10.1. The highest BCUT2D eigenvalue weighted by Gasteiger charge is 2.54. The number of anilines is 1. The first-order valence-corrected chi connectivity index (χ1v) is 6.31. The lowest BCUT2D eigenvalue weighted by molar-refractivity contribution is 0.245. The minimum atomic E-state index is -0.135. The van der Waals surface area contributed by atoms with Gasteiger partial charge in [-0.15, -0.1) is 0 Å². The summed E-state index contributed by atoms with van der Waals surface area (Å²) in [4.78, 5) is 11.9. The summed E-state index contributed by atoms with van der Waals surface area (Å²) in [5.41, 5.74) is 1.41. The van der Waals surface area contributed by atoms with Crippen molar-refractivity contribution in [2.45, 2.75) is 31.2 Å². The molecule has 4 heteroatoms. The number of urea groups is 1. The van der Waals surface area contributed by atoms with Crippen LogP contribution in [0.5, 0.6) is 0 Å². The number of amides is 2. The molecule has 18 heavy (non-hydrogen) atoms. The second-order valence-corrected chi connectivity index (χ2v) is 5.20. The van der Waals surface area contributed by atoms with E-state index in [0.29, 0.717) is 11.5 Å². The fraction of sp³-hybridized carbons (Fsp3) is 0.429. The normalized spacial score (nSPS) is 19.7. The van der Waals surface area contributed by atoms with Crippen molar-refractivity contribution in [2.24, 2.45) is 5.92 Å². The molecule has 1 aromatic carbocycles. The summed E-state index contributed by atoms with van der Waals surface area (Å²) < 4.78 is 0. The van der Waals surface area contributed by atoms with E-state index in [1.807, 2.05) is 0 Å². The van der Waals surface area contributed by atoms with Crippen LogP contribution in [0.1, 0.15) is 31.2 Å². The first-order chi connectivity index (χ1) is 8.72. The second-order valence-electron chi connectivity index (χ2n) is 5.20. The van der Waals surface area contributed by atoms with E-state index >= 15 is 0 Å². The predicted molar refractivity (Wildman–Crippen MR) is 68.0 cm³/mol. The standard InChI is InChI=1S/C14H15N3O/c15-9-10-1-5-12(6-2-10)16-13(18)17-14(7-8-14)11-3-4-11/h1-2,5-6,11H,3-4,7-8H2,(H2,16,17,18). The molecule has 2 N–H and O–H groups in total. The molecule has 4 nitrogen and oxygen atoms in total. The van der Waals surface area contributed by atoms with Gasteiger partial charge in [0, 0.05) is 11.2 Å². The molecule has 0 spiro atoms. The highest BCUT2D eigenvalue weighted by molar-refractivity contribution is 5.90. The fourth-order valence-corrected chi connectivity index (χ4v) is 2.42.